The van der Waals surface area contributed by atoms with Crippen LogP contribution in [0.4, 0.5) is 0 Å². The van der Waals surface area contributed by atoms with Gasteiger partial charge in [0.2, 0.25) is 0 Å². The van der Waals surface area contributed by atoms with E-state index in [1.165, 1.54) is 70.5 Å². The Balaban J connectivity index is 1.32. The summed E-state index contributed by atoms with van der Waals surface area (Å²) in [6.45, 7) is 0. The van der Waals surface area contributed by atoms with Crippen LogP contribution >= 0.6 is 0 Å². The van der Waals surface area contributed by atoms with Gasteiger partial charge in [0.1, 0.15) is 5.82 Å². The van der Waals surface area contributed by atoms with Crippen molar-refractivity contribution < 1.29 is 0 Å². The maximum atomic E-state index is 5.52. The van der Waals surface area contributed by atoms with Crippen molar-refractivity contribution in [3.05, 3.63) is 158 Å². The first-order valence-corrected chi connectivity index (χ1v) is 17.1. The standard InChI is InChI=1S/C46H26N4/c1-3-15-29-27(12-1)14-11-20-33(29)45-47-38-21-8-5-18-34(38)46(48-45)50-39-22-9-6-17-31(39)36-26-37-32-25-24-28-13-2-4-16-30(28)42(32)49-40-23-10-7-19-35(40)41(43(37)49)44(36)50/h1-26H. The summed E-state index contributed by atoms with van der Waals surface area (Å²) in [6, 6.07) is 56.8. The van der Waals surface area contributed by atoms with Crippen LogP contribution in [0.25, 0.3) is 110 Å². The van der Waals surface area contributed by atoms with E-state index in [9.17, 15) is 0 Å². The molecule has 4 aromatic heterocycles. The molecule has 0 amide bonds. The summed E-state index contributed by atoms with van der Waals surface area (Å²) >= 11 is 0. The predicted molar refractivity (Wildman–Crippen MR) is 209 cm³/mol. The predicted octanol–water partition coefficient (Wildman–Crippen LogP) is 11.9. The Hall–Kier alpha value is -6.78. The molecule has 0 saturated heterocycles. The van der Waals surface area contributed by atoms with Gasteiger partial charge in [-0.3, -0.25) is 4.57 Å². The summed E-state index contributed by atoms with van der Waals surface area (Å²) in [7, 11) is 0. The lowest BCUT2D eigenvalue weighted by Crippen LogP contribution is -2.03. The number of para-hydroxylation sites is 3. The lowest BCUT2D eigenvalue weighted by molar-refractivity contribution is 1.08. The highest BCUT2D eigenvalue weighted by atomic mass is 15.1. The van der Waals surface area contributed by atoms with Crippen molar-refractivity contribution in [1.82, 2.24) is 18.9 Å². The second-order valence-corrected chi connectivity index (χ2v) is 13.3. The summed E-state index contributed by atoms with van der Waals surface area (Å²) in [5.41, 5.74) is 7.98. The first-order valence-electron chi connectivity index (χ1n) is 17.1. The minimum Gasteiger partial charge on any atom is -0.307 e. The van der Waals surface area contributed by atoms with E-state index in [-0.39, 0.29) is 0 Å². The van der Waals surface area contributed by atoms with Crippen LogP contribution in [0.1, 0.15) is 0 Å². The average Bonchev–Trinajstić information content (AvgIpc) is 3.82. The number of aromatic nitrogens is 4. The average molecular weight is 635 g/mol. The zero-order valence-corrected chi connectivity index (χ0v) is 26.8. The van der Waals surface area contributed by atoms with E-state index in [0.717, 1.165) is 39.0 Å². The van der Waals surface area contributed by atoms with Crippen molar-refractivity contribution >= 4 is 92.3 Å². The van der Waals surface area contributed by atoms with Crippen molar-refractivity contribution in [3.8, 4) is 17.2 Å². The normalized spacial score (nSPS) is 12.4. The van der Waals surface area contributed by atoms with Crippen LogP contribution in [-0.4, -0.2) is 18.9 Å². The lowest BCUT2D eigenvalue weighted by Gasteiger charge is -2.14. The van der Waals surface area contributed by atoms with E-state index >= 15 is 0 Å². The van der Waals surface area contributed by atoms with Gasteiger partial charge < -0.3 is 4.40 Å². The van der Waals surface area contributed by atoms with E-state index in [4.69, 9.17) is 9.97 Å². The maximum absolute atomic E-state index is 5.52. The fraction of sp³-hybridized carbons (Fsp3) is 0. The van der Waals surface area contributed by atoms with Crippen LogP contribution in [-0.2, 0) is 0 Å². The third-order valence-corrected chi connectivity index (χ3v) is 10.8. The molecule has 4 heterocycles. The largest absolute Gasteiger partial charge is 0.307 e. The third kappa shape index (κ3) is 3.25. The number of benzene rings is 8. The Labute approximate surface area is 285 Å². The van der Waals surface area contributed by atoms with Gasteiger partial charge in [0.15, 0.2) is 5.82 Å². The van der Waals surface area contributed by atoms with Crippen LogP contribution in [0.15, 0.2) is 158 Å². The first kappa shape index (κ1) is 26.2. The van der Waals surface area contributed by atoms with Gasteiger partial charge in [-0.05, 0) is 46.5 Å². The van der Waals surface area contributed by atoms with Crippen LogP contribution in [0.3, 0.4) is 0 Å². The molecular weight excluding hydrogens is 609 g/mol. The van der Waals surface area contributed by atoms with Crippen molar-refractivity contribution in [3.63, 3.8) is 0 Å². The van der Waals surface area contributed by atoms with Gasteiger partial charge >= 0.3 is 0 Å². The number of hydrogen-bond donors (Lipinski definition) is 0. The molecule has 8 aromatic carbocycles. The molecule has 0 aliphatic heterocycles. The molecule has 0 unspecified atom stereocenters. The van der Waals surface area contributed by atoms with Crippen molar-refractivity contribution in [2.24, 2.45) is 0 Å². The van der Waals surface area contributed by atoms with Gasteiger partial charge in [-0.25, -0.2) is 9.97 Å². The second-order valence-electron chi connectivity index (χ2n) is 13.3. The Kier molecular flexibility index (Phi) is 4.94. The van der Waals surface area contributed by atoms with Crippen LogP contribution < -0.4 is 0 Å². The Morgan fingerprint density at radius 3 is 1.88 bits per heavy atom. The highest BCUT2D eigenvalue weighted by Gasteiger charge is 2.26. The molecule has 0 N–H and O–H groups in total. The summed E-state index contributed by atoms with van der Waals surface area (Å²) in [6.07, 6.45) is 0. The number of hydrogen-bond acceptors (Lipinski definition) is 2. The molecule has 12 aromatic rings. The zero-order valence-electron chi connectivity index (χ0n) is 26.8. The molecule has 12 rings (SSSR count). The lowest BCUT2D eigenvalue weighted by atomic mass is 10.0. The number of fused-ring (bicyclic) bond motifs is 14. The number of nitrogens with zero attached hydrogens (tertiary/aromatic N) is 4. The van der Waals surface area contributed by atoms with Gasteiger partial charge in [0.05, 0.1) is 33.1 Å². The van der Waals surface area contributed by atoms with Crippen molar-refractivity contribution in [2.75, 3.05) is 0 Å². The molecule has 0 aliphatic carbocycles. The summed E-state index contributed by atoms with van der Waals surface area (Å²) < 4.78 is 4.93. The molecular formula is C46H26N4. The first-order chi connectivity index (χ1) is 24.8. The van der Waals surface area contributed by atoms with E-state index < -0.39 is 0 Å². The number of rotatable bonds is 2. The third-order valence-electron chi connectivity index (χ3n) is 10.8. The molecule has 0 saturated carbocycles. The molecule has 50 heavy (non-hydrogen) atoms. The Morgan fingerprint density at radius 1 is 0.380 bits per heavy atom. The maximum Gasteiger partial charge on any atom is 0.162 e. The molecule has 4 nitrogen and oxygen atoms in total. The molecule has 0 radical (unpaired) electrons. The molecule has 0 bridgehead atoms. The highest BCUT2D eigenvalue weighted by molar-refractivity contribution is 6.35. The molecule has 0 fully saturated rings. The molecule has 4 heteroatoms. The second kappa shape index (κ2) is 9.43. The van der Waals surface area contributed by atoms with Gasteiger partial charge in [0, 0.05) is 48.7 Å². The van der Waals surface area contributed by atoms with E-state index in [2.05, 4.69) is 167 Å². The summed E-state index contributed by atoms with van der Waals surface area (Å²) in [5.74, 6) is 1.61. The fourth-order valence-corrected chi connectivity index (χ4v) is 8.75. The summed E-state index contributed by atoms with van der Waals surface area (Å²) in [4.78, 5) is 10.7. The van der Waals surface area contributed by atoms with E-state index in [0.29, 0.717) is 0 Å². The van der Waals surface area contributed by atoms with Crippen LogP contribution in [0.5, 0.6) is 0 Å². The van der Waals surface area contributed by atoms with Crippen LogP contribution in [0, 0.1) is 0 Å². The van der Waals surface area contributed by atoms with Gasteiger partial charge in [0.25, 0.3) is 0 Å². The topological polar surface area (TPSA) is 35.1 Å². The monoisotopic (exact) mass is 634 g/mol. The molecule has 0 atom stereocenters. The Morgan fingerprint density at radius 2 is 1.02 bits per heavy atom. The van der Waals surface area contributed by atoms with Gasteiger partial charge in [-0.1, -0.05) is 127 Å². The Bertz CT molecular complexity index is 3380. The quantitative estimate of drug-likeness (QED) is 0.190. The van der Waals surface area contributed by atoms with Crippen molar-refractivity contribution in [1.29, 1.82) is 0 Å². The van der Waals surface area contributed by atoms with Gasteiger partial charge in [-0.2, -0.15) is 0 Å². The fourth-order valence-electron chi connectivity index (χ4n) is 8.75. The van der Waals surface area contributed by atoms with Crippen LogP contribution in [0.2, 0.25) is 0 Å². The SMILES string of the molecule is c1ccc2c(-c3nc(-n4c5ccccc5c5cc6c7ccc8ccccc8c7n7c8ccccc8c(c54)c67)c4ccccc4n3)cccc2c1. The van der Waals surface area contributed by atoms with E-state index in [1.54, 1.807) is 0 Å². The minimum absolute atomic E-state index is 0.722. The van der Waals surface area contributed by atoms with Crippen molar-refractivity contribution in [2.45, 2.75) is 0 Å². The van der Waals surface area contributed by atoms with E-state index in [1.807, 2.05) is 0 Å². The van der Waals surface area contributed by atoms with Gasteiger partial charge in [-0.15, -0.1) is 0 Å². The molecule has 0 aliphatic rings. The highest BCUT2D eigenvalue weighted by Crippen LogP contribution is 2.48. The summed E-state index contributed by atoms with van der Waals surface area (Å²) in [5, 5.41) is 13.3. The zero-order chi connectivity index (χ0) is 32.5. The molecule has 0 spiro atoms. The molecule has 230 valence electrons. The minimum atomic E-state index is 0.722. The smallest absolute Gasteiger partial charge is 0.162 e.